The van der Waals surface area contributed by atoms with Crippen molar-refractivity contribution in [2.75, 3.05) is 38.1 Å². The number of nitrogens with zero attached hydrogens (tertiary/aromatic N) is 2. The molecule has 0 heterocycles. The van der Waals surface area contributed by atoms with Crippen molar-refractivity contribution in [1.29, 1.82) is 0 Å². The van der Waals surface area contributed by atoms with Gasteiger partial charge in [-0.05, 0) is 37.5 Å². The van der Waals surface area contributed by atoms with E-state index in [4.69, 9.17) is 0 Å². The van der Waals surface area contributed by atoms with Gasteiger partial charge in [-0.3, -0.25) is 4.99 Å². The zero-order chi connectivity index (χ0) is 18.3. The fourth-order valence-electron chi connectivity index (χ4n) is 2.31. The van der Waals surface area contributed by atoms with Gasteiger partial charge >= 0.3 is 0 Å². The number of hydrogen-bond donors (Lipinski definition) is 2. The van der Waals surface area contributed by atoms with Gasteiger partial charge in [0.15, 0.2) is 5.96 Å². The third-order valence-electron chi connectivity index (χ3n) is 3.70. The molecule has 0 amide bonds. The van der Waals surface area contributed by atoms with Crippen LogP contribution in [-0.2, 0) is 16.4 Å². The van der Waals surface area contributed by atoms with Crippen LogP contribution in [-0.4, -0.2) is 53.6 Å². The number of aryl methyl sites for hydroxylation is 1. The van der Waals surface area contributed by atoms with Crippen LogP contribution in [0.2, 0.25) is 0 Å². The molecule has 1 unspecified atom stereocenters. The van der Waals surface area contributed by atoms with Gasteiger partial charge < -0.3 is 15.5 Å². The lowest BCUT2D eigenvalue weighted by atomic mass is 10.1. The number of benzene rings is 1. The average Bonchev–Trinajstić information content (AvgIpc) is 2.49. The van der Waals surface area contributed by atoms with Crippen LogP contribution in [0.15, 0.2) is 23.2 Å². The van der Waals surface area contributed by atoms with Crippen LogP contribution in [0.3, 0.4) is 0 Å². The molecule has 0 spiro atoms. The van der Waals surface area contributed by atoms with E-state index in [2.05, 4.69) is 45.6 Å². The van der Waals surface area contributed by atoms with Gasteiger partial charge in [-0.25, -0.2) is 8.42 Å². The molecule has 2 N–H and O–H groups in total. The zero-order valence-electron chi connectivity index (χ0n) is 15.5. The molecule has 0 radical (unpaired) electrons. The van der Waals surface area contributed by atoms with Gasteiger partial charge in [-0.2, -0.15) is 0 Å². The fourth-order valence-corrected chi connectivity index (χ4v) is 3.09. The van der Waals surface area contributed by atoms with E-state index in [1.807, 2.05) is 21.0 Å². The highest BCUT2D eigenvalue weighted by Gasteiger charge is 2.10. The van der Waals surface area contributed by atoms with Gasteiger partial charge in [0.2, 0.25) is 0 Å². The van der Waals surface area contributed by atoms with Crippen molar-refractivity contribution in [3.63, 3.8) is 0 Å². The molecule has 0 saturated carbocycles. The lowest BCUT2D eigenvalue weighted by Crippen LogP contribution is -2.42. The highest BCUT2D eigenvalue weighted by atomic mass is 32.2. The molecule has 136 valence electrons. The molecule has 0 bridgehead atoms. The summed E-state index contributed by atoms with van der Waals surface area (Å²) in [5.74, 6) is 0.835. The van der Waals surface area contributed by atoms with Crippen molar-refractivity contribution in [2.45, 2.75) is 32.9 Å². The molecule has 0 aliphatic carbocycles. The largest absolute Gasteiger partial charge is 0.377 e. The Hall–Kier alpha value is -1.76. The number of hydrogen-bond acceptors (Lipinski definition) is 4. The van der Waals surface area contributed by atoms with Crippen LogP contribution < -0.4 is 15.5 Å². The molecule has 0 aromatic heterocycles. The maximum atomic E-state index is 11.3. The summed E-state index contributed by atoms with van der Waals surface area (Å²) in [5.41, 5.74) is 3.57. The summed E-state index contributed by atoms with van der Waals surface area (Å²) in [6.07, 6.45) is 1.81. The Morgan fingerprint density at radius 3 is 2.54 bits per heavy atom. The average molecular weight is 355 g/mol. The first kappa shape index (κ1) is 20.3. The van der Waals surface area contributed by atoms with Gasteiger partial charge in [0.1, 0.15) is 9.84 Å². The molecule has 0 aliphatic rings. The van der Waals surface area contributed by atoms with Crippen molar-refractivity contribution in [3.8, 4) is 0 Å². The van der Waals surface area contributed by atoms with E-state index in [9.17, 15) is 8.42 Å². The zero-order valence-corrected chi connectivity index (χ0v) is 16.4. The minimum Gasteiger partial charge on any atom is -0.377 e. The SMILES string of the molecule is CN=C(NCc1ccc(C)cc1N(C)C)NC(C)CCS(C)(=O)=O. The maximum Gasteiger partial charge on any atom is 0.191 e. The van der Waals surface area contributed by atoms with Crippen molar-refractivity contribution >= 4 is 21.5 Å². The third kappa shape index (κ3) is 7.21. The van der Waals surface area contributed by atoms with Gasteiger partial charge in [-0.1, -0.05) is 12.1 Å². The van der Waals surface area contributed by atoms with E-state index >= 15 is 0 Å². The molecule has 7 heteroatoms. The minimum atomic E-state index is -2.94. The van der Waals surface area contributed by atoms with E-state index in [-0.39, 0.29) is 11.8 Å². The smallest absolute Gasteiger partial charge is 0.191 e. The van der Waals surface area contributed by atoms with Gasteiger partial charge in [0.05, 0.1) is 5.75 Å². The normalized spacial score (nSPS) is 13.5. The molecule has 0 saturated heterocycles. The summed E-state index contributed by atoms with van der Waals surface area (Å²) in [6.45, 7) is 4.68. The predicted octanol–water partition coefficient (Wildman–Crippen LogP) is 1.55. The monoisotopic (exact) mass is 354 g/mol. The van der Waals surface area contributed by atoms with Crippen LogP contribution in [0.5, 0.6) is 0 Å². The first-order valence-corrected chi connectivity index (χ1v) is 10.1. The van der Waals surface area contributed by atoms with Crippen LogP contribution in [0.1, 0.15) is 24.5 Å². The summed E-state index contributed by atoms with van der Waals surface area (Å²) in [7, 11) is 2.82. The molecule has 6 nitrogen and oxygen atoms in total. The fraction of sp³-hybridized carbons (Fsp3) is 0.588. The molecular weight excluding hydrogens is 324 g/mol. The predicted molar refractivity (Wildman–Crippen MR) is 103 cm³/mol. The third-order valence-corrected chi connectivity index (χ3v) is 4.67. The van der Waals surface area contributed by atoms with Crippen molar-refractivity contribution in [3.05, 3.63) is 29.3 Å². The van der Waals surface area contributed by atoms with E-state index < -0.39 is 9.84 Å². The number of rotatable bonds is 7. The van der Waals surface area contributed by atoms with E-state index in [1.54, 1.807) is 7.05 Å². The number of aliphatic imine (C=N–C) groups is 1. The Morgan fingerprint density at radius 1 is 1.33 bits per heavy atom. The second-order valence-electron chi connectivity index (χ2n) is 6.42. The Morgan fingerprint density at radius 2 is 2.00 bits per heavy atom. The summed E-state index contributed by atoms with van der Waals surface area (Å²) >= 11 is 0. The lowest BCUT2D eigenvalue weighted by Gasteiger charge is -2.21. The Bertz CT molecular complexity index is 669. The first-order valence-electron chi connectivity index (χ1n) is 8.04. The second kappa shape index (κ2) is 8.92. The summed E-state index contributed by atoms with van der Waals surface area (Å²) in [5, 5.41) is 6.52. The molecule has 0 fully saturated rings. The highest BCUT2D eigenvalue weighted by molar-refractivity contribution is 7.90. The van der Waals surface area contributed by atoms with E-state index in [1.165, 1.54) is 23.1 Å². The number of guanidine groups is 1. The van der Waals surface area contributed by atoms with Gasteiger partial charge in [0, 0.05) is 45.7 Å². The van der Waals surface area contributed by atoms with E-state index in [0.717, 1.165) is 0 Å². The van der Waals surface area contributed by atoms with Gasteiger partial charge in [-0.15, -0.1) is 0 Å². The van der Waals surface area contributed by atoms with Crippen LogP contribution in [0.25, 0.3) is 0 Å². The summed E-state index contributed by atoms with van der Waals surface area (Å²) in [4.78, 5) is 6.30. The Balaban J connectivity index is 2.65. The van der Waals surface area contributed by atoms with Crippen LogP contribution in [0, 0.1) is 6.92 Å². The Labute approximate surface area is 146 Å². The topological polar surface area (TPSA) is 73.8 Å². The van der Waals surface area contributed by atoms with Gasteiger partial charge in [0.25, 0.3) is 0 Å². The maximum absolute atomic E-state index is 11.3. The van der Waals surface area contributed by atoms with Crippen molar-refractivity contribution < 1.29 is 8.42 Å². The number of nitrogens with one attached hydrogen (secondary N) is 2. The lowest BCUT2D eigenvalue weighted by molar-refractivity contribution is 0.581. The molecular formula is C17H30N4O2S. The quantitative estimate of drug-likeness (QED) is 0.574. The van der Waals surface area contributed by atoms with Crippen LogP contribution in [0.4, 0.5) is 5.69 Å². The summed E-state index contributed by atoms with van der Waals surface area (Å²) < 4.78 is 22.5. The summed E-state index contributed by atoms with van der Waals surface area (Å²) in [6, 6.07) is 6.38. The number of sulfone groups is 1. The molecule has 1 rings (SSSR count). The Kier molecular flexibility index (Phi) is 7.54. The molecule has 0 aliphatic heterocycles. The van der Waals surface area contributed by atoms with Crippen LogP contribution >= 0.6 is 0 Å². The standard InChI is InChI=1S/C17H30N4O2S/c1-13-7-8-15(16(11-13)21(4)5)12-19-17(18-3)20-14(2)9-10-24(6,22)23/h7-8,11,14H,9-10,12H2,1-6H3,(H2,18,19,20). The van der Waals surface area contributed by atoms with Crippen molar-refractivity contribution in [1.82, 2.24) is 10.6 Å². The van der Waals surface area contributed by atoms with E-state index in [0.29, 0.717) is 18.9 Å². The molecule has 1 aromatic carbocycles. The second-order valence-corrected chi connectivity index (χ2v) is 8.68. The molecule has 24 heavy (non-hydrogen) atoms. The number of anilines is 1. The molecule has 1 atom stereocenters. The minimum absolute atomic E-state index is 0.0252. The van der Waals surface area contributed by atoms with Crippen molar-refractivity contribution in [2.24, 2.45) is 4.99 Å². The molecule has 1 aromatic rings. The highest BCUT2D eigenvalue weighted by Crippen LogP contribution is 2.20. The first-order chi connectivity index (χ1) is 11.1.